The van der Waals surface area contributed by atoms with E-state index in [4.69, 9.17) is 5.73 Å². The Morgan fingerprint density at radius 1 is 1.19 bits per heavy atom. The summed E-state index contributed by atoms with van der Waals surface area (Å²) >= 11 is 1.81. The van der Waals surface area contributed by atoms with E-state index in [0.717, 1.165) is 11.4 Å². The van der Waals surface area contributed by atoms with Gasteiger partial charge >= 0.3 is 0 Å². The molecule has 0 bridgehead atoms. The van der Waals surface area contributed by atoms with Crippen LogP contribution in [0.25, 0.3) is 0 Å². The van der Waals surface area contributed by atoms with Crippen LogP contribution in [0.15, 0.2) is 47.6 Å². The van der Waals surface area contributed by atoms with Crippen LogP contribution in [0.1, 0.15) is 11.1 Å². The number of benzene rings is 1. The molecule has 2 rings (SSSR count). The zero-order chi connectivity index (χ0) is 11.4. The van der Waals surface area contributed by atoms with Crippen LogP contribution in [-0.2, 0) is 5.75 Å². The highest BCUT2D eigenvalue weighted by Gasteiger charge is 2.00. The van der Waals surface area contributed by atoms with Gasteiger partial charge in [0.05, 0.1) is 0 Å². The molecule has 0 saturated carbocycles. The summed E-state index contributed by atoms with van der Waals surface area (Å²) in [6.45, 7) is 2.11. The van der Waals surface area contributed by atoms with Crippen LogP contribution in [0.2, 0.25) is 0 Å². The van der Waals surface area contributed by atoms with E-state index in [9.17, 15) is 0 Å². The first-order valence-electron chi connectivity index (χ1n) is 5.13. The van der Waals surface area contributed by atoms with Crippen molar-refractivity contribution in [1.29, 1.82) is 0 Å². The lowest BCUT2D eigenvalue weighted by Crippen LogP contribution is -1.88. The molecule has 82 valence electrons. The molecule has 1 heterocycles. The van der Waals surface area contributed by atoms with Crippen LogP contribution in [0, 0.1) is 6.92 Å². The summed E-state index contributed by atoms with van der Waals surface area (Å²) in [5.74, 6) is 0.951. The van der Waals surface area contributed by atoms with Gasteiger partial charge in [0.2, 0.25) is 0 Å². The highest BCUT2D eigenvalue weighted by atomic mass is 32.2. The second kappa shape index (κ2) is 5.03. The van der Waals surface area contributed by atoms with Gasteiger partial charge in [-0.05, 0) is 42.3 Å². The maximum Gasteiger partial charge on any atom is 0.0325 e. The van der Waals surface area contributed by atoms with Gasteiger partial charge < -0.3 is 5.73 Å². The van der Waals surface area contributed by atoms with Gasteiger partial charge in [0, 0.05) is 28.7 Å². The van der Waals surface area contributed by atoms with Gasteiger partial charge in [-0.25, -0.2) is 0 Å². The van der Waals surface area contributed by atoms with Gasteiger partial charge in [-0.15, -0.1) is 11.8 Å². The van der Waals surface area contributed by atoms with Crippen LogP contribution < -0.4 is 5.73 Å². The average molecular weight is 230 g/mol. The van der Waals surface area contributed by atoms with E-state index in [0.29, 0.717) is 0 Å². The monoisotopic (exact) mass is 230 g/mol. The lowest BCUT2D eigenvalue weighted by Gasteiger charge is -2.06. The first kappa shape index (κ1) is 11.0. The predicted octanol–water partition coefficient (Wildman–Crippen LogP) is 3.26. The number of nitrogens with zero attached hydrogens (tertiary/aromatic N) is 1. The normalized spacial score (nSPS) is 10.3. The molecule has 0 unspecified atom stereocenters. The van der Waals surface area contributed by atoms with Crippen molar-refractivity contribution in [3.05, 3.63) is 53.9 Å². The molecule has 16 heavy (non-hydrogen) atoms. The Balaban J connectivity index is 2.08. The van der Waals surface area contributed by atoms with Gasteiger partial charge in [-0.2, -0.15) is 0 Å². The SMILES string of the molecule is Cc1ccc(N)cc1SCc1ccncc1. The Morgan fingerprint density at radius 2 is 1.94 bits per heavy atom. The zero-order valence-corrected chi connectivity index (χ0v) is 10.00. The Hall–Kier alpha value is -1.48. The molecule has 0 aliphatic heterocycles. The van der Waals surface area contributed by atoms with E-state index in [-0.39, 0.29) is 0 Å². The molecule has 1 aromatic heterocycles. The van der Waals surface area contributed by atoms with Crippen molar-refractivity contribution in [1.82, 2.24) is 4.98 Å². The van der Waals surface area contributed by atoms with Crippen molar-refractivity contribution in [3.8, 4) is 0 Å². The minimum absolute atomic E-state index is 0.822. The zero-order valence-electron chi connectivity index (χ0n) is 9.18. The summed E-state index contributed by atoms with van der Waals surface area (Å²) in [6, 6.07) is 10.1. The lowest BCUT2D eigenvalue weighted by molar-refractivity contribution is 1.26. The van der Waals surface area contributed by atoms with E-state index < -0.39 is 0 Å². The predicted molar refractivity (Wildman–Crippen MR) is 69.4 cm³/mol. The molecule has 0 radical (unpaired) electrons. The second-order valence-corrected chi connectivity index (χ2v) is 4.69. The number of hydrogen-bond donors (Lipinski definition) is 1. The minimum Gasteiger partial charge on any atom is -0.399 e. The molecule has 1 aromatic carbocycles. The summed E-state index contributed by atoms with van der Waals surface area (Å²) in [7, 11) is 0. The summed E-state index contributed by atoms with van der Waals surface area (Å²) in [6.07, 6.45) is 3.64. The van der Waals surface area contributed by atoms with Crippen molar-refractivity contribution in [2.45, 2.75) is 17.6 Å². The largest absolute Gasteiger partial charge is 0.399 e. The number of anilines is 1. The highest BCUT2D eigenvalue weighted by Crippen LogP contribution is 2.27. The summed E-state index contributed by atoms with van der Waals surface area (Å²) < 4.78 is 0. The van der Waals surface area contributed by atoms with Gasteiger partial charge in [0.15, 0.2) is 0 Å². The van der Waals surface area contributed by atoms with Crippen molar-refractivity contribution >= 4 is 17.4 Å². The van der Waals surface area contributed by atoms with Crippen LogP contribution in [0.3, 0.4) is 0 Å². The van der Waals surface area contributed by atoms with E-state index in [1.165, 1.54) is 16.0 Å². The molecule has 2 aromatic rings. The second-order valence-electron chi connectivity index (χ2n) is 3.67. The Labute approximate surface area is 99.9 Å². The fourth-order valence-electron chi connectivity index (χ4n) is 1.41. The van der Waals surface area contributed by atoms with Crippen LogP contribution in [-0.4, -0.2) is 4.98 Å². The number of rotatable bonds is 3. The van der Waals surface area contributed by atoms with E-state index in [1.807, 2.05) is 36.7 Å². The average Bonchev–Trinajstić information content (AvgIpc) is 2.32. The molecule has 0 aliphatic carbocycles. The van der Waals surface area contributed by atoms with Crippen LogP contribution >= 0.6 is 11.8 Å². The quantitative estimate of drug-likeness (QED) is 0.649. The molecule has 0 atom stereocenters. The summed E-state index contributed by atoms with van der Waals surface area (Å²) in [5.41, 5.74) is 9.15. The molecule has 0 aliphatic rings. The van der Waals surface area contributed by atoms with E-state index in [2.05, 4.69) is 18.0 Å². The third-order valence-corrected chi connectivity index (χ3v) is 3.58. The molecule has 2 nitrogen and oxygen atoms in total. The van der Waals surface area contributed by atoms with Gasteiger partial charge in [-0.1, -0.05) is 6.07 Å². The van der Waals surface area contributed by atoms with Crippen molar-refractivity contribution in [2.75, 3.05) is 5.73 Å². The minimum atomic E-state index is 0.822. The van der Waals surface area contributed by atoms with Crippen molar-refractivity contribution in [2.24, 2.45) is 0 Å². The number of nitrogens with two attached hydrogens (primary N) is 1. The standard InChI is InChI=1S/C13H14N2S/c1-10-2-3-12(14)8-13(10)16-9-11-4-6-15-7-5-11/h2-8H,9,14H2,1H3. The Bertz CT molecular complexity index is 469. The van der Waals surface area contributed by atoms with Crippen molar-refractivity contribution < 1.29 is 0 Å². The summed E-state index contributed by atoms with van der Waals surface area (Å²) in [5, 5.41) is 0. The summed E-state index contributed by atoms with van der Waals surface area (Å²) in [4.78, 5) is 5.25. The van der Waals surface area contributed by atoms with Crippen molar-refractivity contribution in [3.63, 3.8) is 0 Å². The Morgan fingerprint density at radius 3 is 2.69 bits per heavy atom. The Kier molecular flexibility index (Phi) is 3.47. The number of aryl methyl sites for hydroxylation is 1. The van der Waals surface area contributed by atoms with Gasteiger partial charge in [0.25, 0.3) is 0 Å². The molecule has 0 saturated heterocycles. The molecular weight excluding hydrogens is 216 g/mol. The van der Waals surface area contributed by atoms with Crippen LogP contribution in [0.4, 0.5) is 5.69 Å². The topological polar surface area (TPSA) is 38.9 Å². The number of pyridine rings is 1. The third kappa shape index (κ3) is 2.76. The first-order chi connectivity index (χ1) is 7.75. The molecular formula is C13H14N2S. The number of nitrogen functional groups attached to an aromatic ring is 1. The maximum atomic E-state index is 5.77. The van der Waals surface area contributed by atoms with E-state index >= 15 is 0 Å². The molecule has 0 amide bonds. The fourth-order valence-corrected chi connectivity index (χ4v) is 2.44. The number of hydrogen-bond acceptors (Lipinski definition) is 3. The number of thioether (sulfide) groups is 1. The molecule has 2 N–H and O–H groups in total. The molecule has 0 fully saturated rings. The molecule has 0 spiro atoms. The third-order valence-electron chi connectivity index (χ3n) is 2.36. The number of aromatic nitrogens is 1. The first-order valence-corrected chi connectivity index (χ1v) is 6.12. The highest BCUT2D eigenvalue weighted by molar-refractivity contribution is 7.98. The maximum absolute atomic E-state index is 5.77. The van der Waals surface area contributed by atoms with Gasteiger partial charge in [0.1, 0.15) is 0 Å². The van der Waals surface area contributed by atoms with Gasteiger partial charge in [-0.3, -0.25) is 4.98 Å². The van der Waals surface area contributed by atoms with E-state index in [1.54, 1.807) is 11.8 Å². The smallest absolute Gasteiger partial charge is 0.0325 e. The van der Waals surface area contributed by atoms with Crippen LogP contribution in [0.5, 0.6) is 0 Å². The molecule has 3 heteroatoms. The fraction of sp³-hybridized carbons (Fsp3) is 0.154. The lowest BCUT2D eigenvalue weighted by atomic mass is 10.2.